The van der Waals surface area contributed by atoms with Crippen LogP contribution in [0, 0.1) is 10.1 Å². The molecule has 0 spiro atoms. The van der Waals surface area contributed by atoms with Gasteiger partial charge in [-0.1, -0.05) is 11.6 Å². The number of allylic oxidation sites excluding steroid dienone is 2. The lowest BCUT2D eigenvalue weighted by Crippen LogP contribution is -2.14. The van der Waals surface area contributed by atoms with Crippen LogP contribution in [0.5, 0.6) is 0 Å². The topological polar surface area (TPSA) is 69.4 Å². The molecule has 0 bridgehead atoms. The van der Waals surface area contributed by atoms with Crippen LogP contribution in [-0.2, 0) is 4.74 Å². The Kier molecular flexibility index (Phi) is 5.90. The molecule has 5 nitrogen and oxygen atoms in total. The Labute approximate surface area is 118 Å². The van der Waals surface area contributed by atoms with Crippen molar-refractivity contribution >= 4 is 11.7 Å². The summed E-state index contributed by atoms with van der Waals surface area (Å²) < 4.78 is 5.28. The van der Waals surface area contributed by atoms with E-state index in [1.54, 1.807) is 0 Å². The number of rotatable bonds is 6. The molecule has 0 aliphatic rings. The van der Waals surface area contributed by atoms with Crippen LogP contribution in [0.4, 0.5) is 5.69 Å². The molecule has 0 saturated carbocycles. The molecule has 0 fully saturated rings. The molecule has 20 heavy (non-hydrogen) atoms. The average Bonchev–Trinajstić information content (AvgIpc) is 2.38. The van der Waals surface area contributed by atoms with Crippen LogP contribution in [0.15, 0.2) is 35.9 Å². The summed E-state index contributed by atoms with van der Waals surface area (Å²) in [5.41, 5.74) is 1.52. The normalized spacial score (nSPS) is 11.6. The Bertz CT molecular complexity index is 501. The number of hydrogen-bond acceptors (Lipinski definition) is 4. The highest BCUT2D eigenvalue weighted by Gasteiger charge is 2.13. The van der Waals surface area contributed by atoms with Crippen molar-refractivity contribution in [3.8, 4) is 0 Å². The van der Waals surface area contributed by atoms with Crippen molar-refractivity contribution < 1.29 is 14.5 Å². The van der Waals surface area contributed by atoms with Gasteiger partial charge < -0.3 is 4.74 Å². The van der Waals surface area contributed by atoms with Gasteiger partial charge in [-0.05, 0) is 45.7 Å². The molecule has 0 amide bonds. The largest absolute Gasteiger partial charge is 0.459 e. The number of nitrogens with zero attached hydrogens (tertiary/aromatic N) is 1. The molecule has 0 N–H and O–H groups in total. The summed E-state index contributed by atoms with van der Waals surface area (Å²) in [6.07, 6.45) is 3.52. The highest BCUT2D eigenvalue weighted by Crippen LogP contribution is 2.14. The van der Waals surface area contributed by atoms with E-state index in [9.17, 15) is 14.9 Å². The van der Waals surface area contributed by atoms with Crippen molar-refractivity contribution in [1.29, 1.82) is 0 Å². The van der Waals surface area contributed by atoms with Gasteiger partial charge in [-0.3, -0.25) is 10.1 Å². The zero-order chi connectivity index (χ0) is 15.1. The van der Waals surface area contributed by atoms with E-state index in [1.807, 2.05) is 20.8 Å². The van der Waals surface area contributed by atoms with Gasteiger partial charge in [-0.2, -0.15) is 0 Å². The summed E-state index contributed by atoms with van der Waals surface area (Å²) in [7, 11) is 0. The summed E-state index contributed by atoms with van der Waals surface area (Å²) in [4.78, 5) is 21.8. The lowest BCUT2D eigenvalue weighted by atomic mass is 10.1. The van der Waals surface area contributed by atoms with E-state index in [2.05, 4.69) is 6.08 Å². The molecule has 1 aromatic carbocycles. The highest BCUT2D eigenvalue weighted by atomic mass is 16.6. The molecular weight excluding hydrogens is 258 g/mol. The number of carbonyl (C=O) groups excluding carboxylic acids is 1. The Morgan fingerprint density at radius 2 is 1.95 bits per heavy atom. The lowest BCUT2D eigenvalue weighted by molar-refractivity contribution is -0.384. The average molecular weight is 277 g/mol. The summed E-state index contributed by atoms with van der Waals surface area (Å²) in [5, 5.41) is 10.5. The van der Waals surface area contributed by atoms with Gasteiger partial charge in [0.05, 0.1) is 16.6 Å². The number of nitro groups is 1. The Hall–Kier alpha value is -2.17. The molecule has 0 aromatic heterocycles. The molecule has 5 heteroatoms. The Balaban J connectivity index is 2.53. The SMILES string of the molecule is CC(C)=CCC[C@H](C)OC(=O)c1ccc([N+](=O)[O-])cc1. The molecule has 0 saturated heterocycles. The fourth-order valence-corrected chi connectivity index (χ4v) is 1.64. The maximum Gasteiger partial charge on any atom is 0.338 e. The highest BCUT2D eigenvalue weighted by molar-refractivity contribution is 5.89. The molecule has 108 valence electrons. The van der Waals surface area contributed by atoms with Gasteiger partial charge in [0.2, 0.25) is 0 Å². The van der Waals surface area contributed by atoms with Crippen LogP contribution in [0.1, 0.15) is 44.0 Å². The van der Waals surface area contributed by atoms with Crippen molar-refractivity contribution in [2.45, 2.75) is 39.7 Å². The Morgan fingerprint density at radius 3 is 2.45 bits per heavy atom. The second-order valence-corrected chi connectivity index (χ2v) is 4.88. The van der Waals surface area contributed by atoms with E-state index >= 15 is 0 Å². The molecule has 1 aromatic rings. The zero-order valence-electron chi connectivity index (χ0n) is 12.0. The maximum absolute atomic E-state index is 11.8. The van der Waals surface area contributed by atoms with Crippen LogP contribution in [0.25, 0.3) is 0 Å². The number of esters is 1. The third kappa shape index (κ3) is 5.22. The van der Waals surface area contributed by atoms with Crippen LogP contribution < -0.4 is 0 Å². The van der Waals surface area contributed by atoms with Gasteiger partial charge in [0.25, 0.3) is 5.69 Å². The number of nitro benzene ring substituents is 1. The zero-order valence-corrected chi connectivity index (χ0v) is 12.0. The minimum Gasteiger partial charge on any atom is -0.459 e. The number of benzene rings is 1. The quantitative estimate of drug-likeness (QED) is 0.342. The van der Waals surface area contributed by atoms with E-state index in [-0.39, 0.29) is 11.8 Å². The lowest BCUT2D eigenvalue weighted by Gasteiger charge is -2.12. The van der Waals surface area contributed by atoms with E-state index in [0.29, 0.717) is 5.56 Å². The van der Waals surface area contributed by atoms with E-state index in [1.165, 1.54) is 29.8 Å². The molecular formula is C15H19NO4. The first-order valence-electron chi connectivity index (χ1n) is 6.49. The number of hydrogen-bond donors (Lipinski definition) is 0. The summed E-state index contributed by atoms with van der Waals surface area (Å²) in [6.45, 7) is 5.88. The molecule has 1 atom stereocenters. The Morgan fingerprint density at radius 1 is 1.35 bits per heavy atom. The van der Waals surface area contributed by atoms with Gasteiger partial charge >= 0.3 is 5.97 Å². The van der Waals surface area contributed by atoms with Crippen molar-refractivity contribution in [2.24, 2.45) is 0 Å². The number of carbonyl (C=O) groups is 1. The fourth-order valence-electron chi connectivity index (χ4n) is 1.64. The molecule has 1 rings (SSSR count). The first kappa shape index (κ1) is 15.9. The molecule has 0 aliphatic carbocycles. The van der Waals surface area contributed by atoms with Gasteiger partial charge in [-0.25, -0.2) is 4.79 Å². The van der Waals surface area contributed by atoms with Crippen molar-refractivity contribution in [1.82, 2.24) is 0 Å². The van der Waals surface area contributed by atoms with Crippen molar-refractivity contribution in [3.05, 3.63) is 51.6 Å². The molecule has 0 heterocycles. The number of ether oxygens (including phenoxy) is 1. The van der Waals surface area contributed by atoms with E-state index in [0.717, 1.165) is 12.8 Å². The summed E-state index contributed by atoms with van der Waals surface area (Å²) in [6, 6.07) is 5.40. The van der Waals surface area contributed by atoms with Crippen LogP contribution >= 0.6 is 0 Å². The predicted molar refractivity (Wildman–Crippen MR) is 76.6 cm³/mol. The van der Waals surface area contributed by atoms with E-state index < -0.39 is 10.9 Å². The van der Waals surface area contributed by atoms with E-state index in [4.69, 9.17) is 4.74 Å². The van der Waals surface area contributed by atoms with Gasteiger partial charge in [0.15, 0.2) is 0 Å². The fraction of sp³-hybridized carbons (Fsp3) is 0.400. The third-order valence-corrected chi connectivity index (χ3v) is 2.75. The van der Waals surface area contributed by atoms with Crippen LogP contribution in [0.2, 0.25) is 0 Å². The third-order valence-electron chi connectivity index (χ3n) is 2.75. The first-order chi connectivity index (χ1) is 9.40. The van der Waals surface area contributed by atoms with Gasteiger partial charge in [-0.15, -0.1) is 0 Å². The van der Waals surface area contributed by atoms with Crippen molar-refractivity contribution in [3.63, 3.8) is 0 Å². The molecule has 0 aliphatic heterocycles. The predicted octanol–water partition coefficient (Wildman–Crippen LogP) is 3.89. The van der Waals surface area contributed by atoms with Gasteiger partial charge in [0, 0.05) is 12.1 Å². The minimum absolute atomic E-state index is 0.0434. The van der Waals surface area contributed by atoms with Gasteiger partial charge in [0.1, 0.15) is 0 Å². The summed E-state index contributed by atoms with van der Waals surface area (Å²) >= 11 is 0. The minimum atomic E-state index is -0.503. The van der Waals surface area contributed by atoms with Crippen molar-refractivity contribution in [2.75, 3.05) is 0 Å². The standard InChI is InChI=1S/C15H19NO4/c1-11(2)5-4-6-12(3)20-15(17)13-7-9-14(10-8-13)16(18)19/h5,7-10,12H,4,6H2,1-3H3/t12-/m0/s1. The van der Waals surface area contributed by atoms with Crippen LogP contribution in [-0.4, -0.2) is 17.0 Å². The second-order valence-electron chi connectivity index (χ2n) is 4.88. The molecule has 0 unspecified atom stereocenters. The maximum atomic E-state index is 11.8. The summed E-state index contributed by atoms with van der Waals surface area (Å²) in [5.74, 6) is -0.454. The smallest absolute Gasteiger partial charge is 0.338 e. The first-order valence-corrected chi connectivity index (χ1v) is 6.49. The molecule has 0 radical (unpaired) electrons. The monoisotopic (exact) mass is 277 g/mol. The van der Waals surface area contributed by atoms with Crippen LogP contribution in [0.3, 0.4) is 0 Å². The second kappa shape index (κ2) is 7.43. The number of non-ortho nitro benzene ring substituents is 1.